The summed E-state index contributed by atoms with van der Waals surface area (Å²) in [6.07, 6.45) is 3.91. The molecule has 4 N–H and O–H groups in total. The molecule has 3 unspecified atom stereocenters. The van der Waals surface area contributed by atoms with Crippen LogP contribution >= 0.6 is 11.8 Å². The molecule has 242 valence electrons. The van der Waals surface area contributed by atoms with Gasteiger partial charge in [0.2, 0.25) is 17.7 Å². The molecule has 0 aromatic heterocycles. The number of nitrogens with zero attached hydrogens (tertiary/aromatic N) is 3. The van der Waals surface area contributed by atoms with Crippen molar-refractivity contribution >= 4 is 46.8 Å². The maximum Gasteiger partial charge on any atom is 0.251 e. The Hall–Kier alpha value is -3.30. The molecule has 2 saturated heterocycles. The predicted octanol–water partition coefficient (Wildman–Crippen LogP) is 3.64. The molecule has 0 saturated carbocycles. The van der Waals surface area contributed by atoms with E-state index in [1.165, 1.54) is 12.8 Å². The van der Waals surface area contributed by atoms with Gasteiger partial charge in [-0.1, -0.05) is 20.8 Å². The fourth-order valence-electron chi connectivity index (χ4n) is 5.32. The zero-order chi connectivity index (χ0) is 32.3. The third-order valence-electron chi connectivity index (χ3n) is 7.88. The number of carbonyl (C=O) groups excluding carboxylic acids is 4. The van der Waals surface area contributed by atoms with Gasteiger partial charge in [-0.2, -0.15) is 5.26 Å². The van der Waals surface area contributed by atoms with Crippen LogP contribution in [0.15, 0.2) is 18.2 Å². The molecule has 1 aromatic carbocycles. The summed E-state index contributed by atoms with van der Waals surface area (Å²) < 4.78 is 0. The highest BCUT2D eigenvalue weighted by atomic mass is 32.2. The second kappa shape index (κ2) is 16.7. The predicted molar refractivity (Wildman–Crippen MR) is 175 cm³/mol. The van der Waals surface area contributed by atoms with Gasteiger partial charge in [0.05, 0.1) is 16.7 Å². The molecule has 0 radical (unpaired) electrons. The molecular weight excluding hydrogens is 578 g/mol. The molecule has 2 aliphatic rings. The van der Waals surface area contributed by atoms with Gasteiger partial charge in [-0.15, -0.1) is 11.8 Å². The molecule has 3 rings (SSSR count). The lowest BCUT2D eigenvalue weighted by Crippen LogP contribution is -2.35. The van der Waals surface area contributed by atoms with Crippen LogP contribution in [-0.2, 0) is 14.4 Å². The van der Waals surface area contributed by atoms with E-state index in [1.807, 2.05) is 39.5 Å². The summed E-state index contributed by atoms with van der Waals surface area (Å²) in [5.74, 6) is -1.30. The number of carbonyl (C=O) groups is 4. The topological polar surface area (TPSA) is 147 Å². The Morgan fingerprint density at radius 1 is 1.05 bits per heavy atom. The van der Waals surface area contributed by atoms with Crippen molar-refractivity contribution in [2.75, 3.05) is 56.4 Å². The second-order valence-electron chi connectivity index (χ2n) is 12.4. The van der Waals surface area contributed by atoms with Crippen molar-refractivity contribution in [1.29, 1.82) is 5.26 Å². The normalized spacial score (nSPS) is 19.4. The average molecular weight is 628 g/mol. The van der Waals surface area contributed by atoms with Gasteiger partial charge in [-0.25, -0.2) is 0 Å². The summed E-state index contributed by atoms with van der Waals surface area (Å²) >= 11 is 1.58. The lowest BCUT2D eigenvalue weighted by molar-refractivity contribution is -0.130. The number of thioether (sulfide) groups is 1. The van der Waals surface area contributed by atoms with Crippen molar-refractivity contribution in [3.8, 4) is 6.07 Å². The minimum atomic E-state index is -0.734. The van der Waals surface area contributed by atoms with Crippen LogP contribution in [0.25, 0.3) is 0 Å². The first-order valence-corrected chi connectivity index (χ1v) is 16.7. The fourth-order valence-corrected chi connectivity index (χ4v) is 6.88. The van der Waals surface area contributed by atoms with Gasteiger partial charge in [0.1, 0.15) is 5.92 Å². The first kappa shape index (κ1) is 35.2. The lowest BCUT2D eigenvalue weighted by Gasteiger charge is -2.22. The van der Waals surface area contributed by atoms with Gasteiger partial charge in [-0.05, 0) is 77.2 Å². The molecule has 2 fully saturated rings. The Morgan fingerprint density at radius 2 is 1.75 bits per heavy atom. The standard InChI is InChI=1S/C32H49N7O4S/c1-6-34-28(40)22(21-33)10-11-27-39(7-2)30(42)26(44-27)12-13-35-24-18-23(19-25(20-24)37-31(43)32(3,4)5)29(41)36-14-17-38-15-8-9-16-38/h18-20,22,26-27,35H,6-17H2,1-5H3,(H,34,40)(H,36,41)(H,37,43). The fraction of sp³-hybridized carbons (Fsp3) is 0.656. The van der Waals surface area contributed by atoms with Gasteiger partial charge < -0.3 is 31.1 Å². The molecule has 0 bridgehead atoms. The summed E-state index contributed by atoms with van der Waals surface area (Å²) in [4.78, 5) is 55.3. The zero-order valence-electron chi connectivity index (χ0n) is 26.8. The Bertz CT molecular complexity index is 1210. The van der Waals surface area contributed by atoms with Gasteiger partial charge >= 0.3 is 0 Å². The highest BCUT2D eigenvalue weighted by Crippen LogP contribution is 2.36. The molecular formula is C32H49N7O4S. The van der Waals surface area contributed by atoms with E-state index in [1.54, 1.807) is 30.0 Å². The molecule has 12 heteroatoms. The zero-order valence-corrected chi connectivity index (χ0v) is 27.6. The number of nitrogens with one attached hydrogen (secondary N) is 4. The van der Waals surface area contributed by atoms with Crippen molar-refractivity contribution in [3.05, 3.63) is 23.8 Å². The van der Waals surface area contributed by atoms with Crippen LogP contribution in [0.5, 0.6) is 0 Å². The molecule has 3 atom stereocenters. The molecule has 0 aliphatic carbocycles. The van der Waals surface area contributed by atoms with Crippen molar-refractivity contribution in [2.24, 2.45) is 11.3 Å². The highest BCUT2D eigenvalue weighted by molar-refractivity contribution is 8.01. The van der Waals surface area contributed by atoms with Gasteiger partial charge in [-0.3, -0.25) is 19.2 Å². The molecule has 11 nitrogen and oxygen atoms in total. The number of nitriles is 1. The van der Waals surface area contributed by atoms with E-state index >= 15 is 0 Å². The third-order valence-corrected chi connectivity index (χ3v) is 9.45. The summed E-state index contributed by atoms with van der Waals surface area (Å²) in [5, 5.41) is 21.1. The second-order valence-corrected chi connectivity index (χ2v) is 13.8. The van der Waals surface area contributed by atoms with Crippen molar-refractivity contribution in [2.45, 2.75) is 77.3 Å². The number of likely N-dealkylation sites (tertiary alicyclic amines) is 1. The number of hydrogen-bond acceptors (Lipinski definition) is 8. The molecule has 1 aromatic rings. The molecule has 0 spiro atoms. The van der Waals surface area contributed by atoms with E-state index in [9.17, 15) is 24.4 Å². The third kappa shape index (κ3) is 10.1. The molecule has 4 amide bonds. The Labute approximate surface area is 266 Å². The van der Waals surface area contributed by atoms with E-state index in [0.717, 1.165) is 19.6 Å². The van der Waals surface area contributed by atoms with Crippen LogP contribution in [0.1, 0.15) is 77.1 Å². The first-order valence-electron chi connectivity index (χ1n) is 15.8. The molecule has 44 heavy (non-hydrogen) atoms. The summed E-state index contributed by atoms with van der Waals surface area (Å²) in [6.45, 7) is 14.3. The number of anilines is 2. The van der Waals surface area contributed by atoms with Crippen LogP contribution < -0.4 is 21.3 Å². The minimum absolute atomic E-state index is 0.0556. The number of rotatable bonds is 15. The Balaban J connectivity index is 1.63. The van der Waals surface area contributed by atoms with Crippen molar-refractivity contribution in [1.82, 2.24) is 20.4 Å². The van der Waals surface area contributed by atoms with Crippen LogP contribution in [0.2, 0.25) is 0 Å². The summed E-state index contributed by atoms with van der Waals surface area (Å²) in [5.41, 5.74) is 1.06. The van der Waals surface area contributed by atoms with Gasteiger partial charge in [0, 0.05) is 55.1 Å². The van der Waals surface area contributed by atoms with Crippen LogP contribution in [-0.4, -0.2) is 89.9 Å². The SMILES string of the molecule is CCNC(=O)C(C#N)CCC1SC(CCNc2cc(NC(=O)C(C)(C)C)cc(C(=O)NCCN3CCCC3)c2)C(=O)N1CC. The van der Waals surface area contributed by atoms with Crippen LogP contribution in [0, 0.1) is 22.7 Å². The van der Waals surface area contributed by atoms with Gasteiger partial charge in [0.15, 0.2) is 0 Å². The first-order chi connectivity index (χ1) is 21.0. The maximum atomic E-state index is 13.2. The molecule has 2 aliphatic heterocycles. The quantitative estimate of drug-likeness (QED) is 0.231. The largest absolute Gasteiger partial charge is 0.385 e. The molecule has 2 heterocycles. The summed E-state index contributed by atoms with van der Waals surface area (Å²) in [6, 6.07) is 7.35. The maximum absolute atomic E-state index is 13.2. The average Bonchev–Trinajstić information content (AvgIpc) is 3.60. The van der Waals surface area contributed by atoms with Gasteiger partial charge in [0.25, 0.3) is 5.91 Å². The Morgan fingerprint density at radius 3 is 2.39 bits per heavy atom. The monoisotopic (exact) mass is 627 g/mol. The van der Waals surface area contributed by atoms with E-state index in [0.29, 0.717) is 62.4 Å². The van der Waals surface area contributed by atoms with E-state index < -0.39 is 11.3 Å². The number of amides is 4. The number of benzene rings is 1. The van der Waals surface area contributed by atoms with Crippen LogP contribution in [0.3, 0.4) is 0 Å². The van der Waals surface area contributed by atoms with E-state index in [4.69, 9.17) is 0 Å². The highest BCUT2D eigenvalue weighted by Gasteiger charge is 2.39. The van der Waals surface area contributed by atoms with E-state index in [-0.39, 0.29) is 34.3 Å². The minimum Gasteiger partial charge on any atom is -0.385 e. The van der Waals surface area contributed by atoms with Crippen molar-refractivity contribution in [3.63, 3.8) is 0 Å². The van der Waals surface area contributed by atoms with Crippen LogP contribution in [0.4, 0.5) is 11.4 Å². The smallest absolute Gasteiger partial charge is 0.251 e. The summed E-state index contributed by atoms with van der Waals surface area (Å²) in [7, 11) is 0. The Kier molecular flexibility index (Phi) is 13.3. The number of hydrogen-bond donors (Lipinski definition) is 4. The lowest BCUT2D eigenvalue weighted by atomic mass is 9.95. The van der Waals surface area contributed by atoms with Crippen molar-refractivity contribution < 1.29 is 19.2 Å². The van der Waals surface area contributed by atoms with E-state index in [2.05, 4.69) is 32.2 Å².